The van der Waals surface area contributed by atoms with Crippen molar-refractivity contribution >= 4 is 33.4 Å². The van der Waals surface area contributed by atoms with Gasteiger partial charge in [0.1, 0.15) is 4.90 Å². The first-order valence-corrected chi connectivity index (χ1v) is 11.2. The van der Waals surface area contributed by atoms with Gasteiger partial charge in [-0.25, -0.2) is 13.2 Å². The average molecular weight is 436 g/mol. The number of sulfonamides is 1. The monoisotopic (exact) mass is 435 g/mol. The van der Waals surface area contributed by atoms with Gasteiger partial charge in [-0.2, -0.15) is 4.31 Å². The molecule has 1 fully saturated rings. The normalized spacial score (nSPS) is 17.7. The molecule has 1 atom stereocenters. The van der Waals surface area contributed by atoms with Gasteiger partial charge in [-0.1, -0.05) is 48.9 Å². The van der Waals surface area contributed by atoms with Crippen LogP contribution in [0, 0.1) is 5.92 Å². The Morgan fingerprint density at radius 3 is 2.55 bits per heavy atom. The zero-order valence-corrected chi connectivity index (χ0v) is 17.6. The lowest BCUT2D eigenvalue weighted by atomic mass is 10.0. The summed E-state index contributed by atoms with van der Waals surface area (Å²) in [6.07, 6.45) is 1.75. The van der Waals surface area contributed by atoms with Gasteiger partial charge in [0.25, 0.3) is 0 Å². The number of esters is 1. The third kappa shape index (κ3) is 5.04. The Balaban J connectivity index is 1.76. The van der Waals surface area contributed by atoms with Crippen LogP contribution in [0.5, 0.6) is 0 Å². The van der Waals surface area contributed by atoms with E-state index >= 15 is 0 Å². The van der Waals surface area contributed by atoms with E-state index in [1.807, 2.05) is 6.92 Å². The fourth-order valence-corrected chi connectivity index (χ4v) is 5.35. The minimum absolute atomic E-state index is 0.0268. The highest BCUT2D eigenvalue weighted by Gasteiger charge is 2.31. The molecule has 0 unspecified atom stereocenters. The maximum atomic E-state index is 13.0. The molecule has 29 heavy (non-hydrogen) atoms. The first kappa shape index (κ1) is 21.5. The summed E-state index contributed by atoms with van der Waals surface area (Å²) in [5.41, 5.74) is 0.456. The number of hydrogen-bond donors (Lipinski definition) is 0. The van der Waals surface area contributed by atoms with E-state index in [-0.39, 0.29) is 27.2 Å². The number of ketones is 1. The molecule has 0 aromatic heterocycles. The highest BCUT2D eigenvalue weighted by Crippen LogP contribution is 2.29. The molecule has 2 aromatic rings. The van der Waals surface area contributed by atoms with Gasteiger partial charge >= 0.3 is 5.97 Å². The summed E-state index contributed by atoms with van der Waals surface area (Å²) in [7, 11) is -3.83. The van der Waals surface area contributed by atoms with E-state index in [4.69, 9.17) is 16.3 Å². The number of carbonyl (C=O) groups excluding carboxylic acids is 2. The topological polar surface area (TPSA) is 80.8 Å². The maximum absolute atomic E-state index is 13.0. The molecule has 0 spiro atoms. The summed E-state index contributed by atoms with van der Waals surface area (Å²) in [4.78, 5) is 24.3. The van der Waals surface area contributed by atoms with E-state index < -0.39 is 22.6 Å². The molecule has 0 N–H and O–H groups in total. The Bertz CT molecular complexity index is 1010. The number of halogens is 1. The van der Waals surface area contributed by atoms with E-state index in [0.717, 1.165) is 12.8 Å². The van der Waals surface area contributed by atoms with Crippen LogP contribution in [-0.4, -0.2) is 44.2 Å². The van der Waals surface area contributed by atoms with Crippen LogP contribution in [0.1, 0.15) is 40.5 Å². The Kier molecular flexibility index (Phi) is 6.72. The quantitative estimate of drug-likeness (QED) is 0.509. The Hall–Kier alpha value is -2.22. The van der Waals surface area contributed by atoms with Crippen molar-refractivity contribution in [1.82, 2.24) is 4.31 Å². The van der Waals surface area contributed by atoms with Crippen LogP contribution < -0.4 is 0 Å². The minimum atomic E-state index is -3.83. The molecular weight excluding hydrogens is 414 g/mol. The molecule has 8 heteroatoms. The predicted molar refractivity (Wildman–Crippen MR) is 110 cm³/mol. The van der Waals surface area contributed by atoms with Gasteiger partial charge in [0.2, 0.25) is 10.0 Å². The molecule has 0 bridgehead atoms. The number of carbonyl (C=O) groups is 2. The number of hydrogen-bond acceptors (Lipinski definition) is 5. The van der Waals surface area contributed by atoms with Crippen LogP contribution in [-0.2, 0) is 14.8 Å². The van der Waals surface area contributed by atoms with Crippen LogP contribution in [0.15, 0.2) is 53.4 Å². The van der Waals surface area contributed by atoms with Gasteiger partial charge in [-0.05, 0) is 37.0 Å². The van der Waals surface area contributed by atoms with Crippen molar-refractivity contribution in [2.75, 3.05) is 19.7 Å². The minimum Gasteiger partial charge on any atom is -0.454 e. The second kappa shape index (κ2) is 9.07. The second-order valence-electron chi connectivity index (χ2n) is 7.12. The Labute approximate surface area is 175 Å². The highest BCUT2D eigenvalue weighted by atomic mass is 35.5. The third-order valence-corrected chi connectivity index (χ3v) is 7.18. The number of Topliss-reactive ketones (excluding diaryl/α,β-unsaturated/α-hetero) is 1. The van der Waals surface area contributed by atoms with E-state index in [1.165, 1.54) is 22.5 Å². The number of rotatable bonds is 6. The number of nitrogens with zero attached hydrogens (tertiary/aromatic N) is 1. The molecule has 1 heterocycles. The first-order chi connectivity index (χ1) is 13.8. The van der Waals surface area contributed by atoms with Crippen LogP contribution in [0.2, 0.25) is 5.02 Å². The standard InChI is InChI=1S/C21H22ClNO5S/c1-15-6-5-11-23(13-15)29(26,27)20-12-17(9-10-18(20)22)21(25)28-14-19(24)16-7-3-2-4-8-16/h2-4,7-10,12,15H,5-6,11,13-14H2,1H3/t15-/m0/s1. The molecule has 154 valence electrons. The largest absolute Gasteiger partial charge is 0.454 e. The predicted octanol–water partition coefficient (Wildman–Crippen LogP) is 3.80. The number of piperidine rings is 1. The molecule has 2 aromatic carbocycles. The lowest BCUT2D eigenvalue weighted by Crippen LogP contribution is -2.39. The summed E-state index contributed by atoms with van der Waals surface area (Å²) in [6.45, 7) is 2.40. The molecule has 0 saturated carbocycles. The van der Waals surface area contributed by atoms with Gasteiger partial charge in [-0.15, -0.1) is 0 Å². The van der Waals surface area contributed by atoms with Gasteiger partial charge < -0.3 is 4.74 Å². The molecular formula is C21H22ClNO5S. The zero-order chi connectivity index (χ0) is 21.0. The Morgan fingerprint density at radius 2 is 1.86 bits per heavy atom. The third-order valence-electron chi connectivity index (χ3n) is 4.83. The molecule has 1 aliphatic heterocycles. The van der Waals surface area contributed by atoms with E-state index in [0.29, 0.717) is 18.7 Å². The van der Waals surface area contributed by atoms with Gasteiger partial charge in [-0.3, -0.25) is 4.79 Å². The zero-order valence-electron chi connectivity index (χ0n) is 16.0. The molecule has 3 rings (SSSR count). The van der Waals surface area contributed by atoms with Crippen molar-refractivity contribution < 1.29 is 22.7 Å². The Morgan fingerprint density at radius 1 is 1.14 bits per heavy atom. The lowest BCUT2D eigenvalue weighted by molar-refractivity contribution is 0.0474. The van der Waals surface area contributed by atoms with E-state index in [2.05, 4.69) is 0 Å². The molecule has 1 aliphatic rings. The van der Waals surface area contributed by atoms with Crippen LogP contribution in [0.25, 0.3) is 0 Å². The molecule has 6 nitrogen and oxygen atoms in total. The van der Waals surface area contributed by atoms with Gasteiger partial charge in [0.15, 0.2) is 12.4 Å². The molecule has 0 amide bonds. The number of benzene rings is 2. The van der Waals surface area contributed by atoms with Crippen molar-refractivity contribution in [3.8, 4) is 0 Å². The van der Waals surface area contributed by atoms with Crippen molar-refractivity contribution in [2.45, 2.75) is 24.7 Å². The van der Waals surface area contributed by atoms with Crippen molar-refractivity contribution in [2.24, 2.45) is 5.92 Å². The first-order valence-electron chi connectivity index (χ1n) is 9.34. The smallest absolute Gasteiger partial charge is 0.338 e. The maximum Gasteiger partial charge on any atom is 0.338 e. The number of ether oxygens (including phenoxy) is 1. The summed E-state index contributed by atoms with van der Waals surface area (Å²) in [5.74, 6) is -0.869. The van der Waals surface area contributed by atoms with Gasteiger partial charge in [0.05, 0.1) is 10.6 Å². The molecule has 0 aliphatic carbocycles. The van der Waals surface area contributed by atoms with Crippen LogP contribution in [0.4, 0.5) is 0 Å². The van der Waals surface area contributed by atoms with Crippen molar-refractivity contribution in [3.05, 3.63) is 64.7 Å². The van der Waals surface area contributed by atoms with Crippen LogP contribution >= 0.6 is 11.6 Å². The summed E-state index contributed by atoms with van der Waals surface area (Å²) < 4.78 is 32.5. The molecule has 1 saturated heterocycles. The fraction of sp³-hybridized carbons (Fsp3) is 0.333. The van der Waals surface area contributed by atoms with E-state index in [9.17, 15) is 18.0 Å². The second-order valence-corrected chi connectivity index (χ2v) is 9.43. The lowest BCUT2D eigenvalue weighted by Gasteiger charge is -2.30. The van der Waals surface area contributed by atoms with Crippen molar-refractivity contribution in [1.29, 1.82) is 0 Å². The average Bonchev–Trinajstić information content (AvgIpc) is 2.72. The summed E-state index contributed by atoms with van der Waals surface area (Å²) >= 11 is 6.14. The summed E-state index contributed by atoms with van der Waals surface area (Å²) in [5, 5.41) is 0.0418. The SMILES string of the molecule is C[C@H]1CCCN(S(=O)(=O)c2cc(C(=O)OCC(=O)c3ccccc3)ccc2Cl)C1. The fourth-order valence-electron chi connectivity index (χ4n) is 3.25. The summed E-state index contributed by atoms with van der Waals surface area (Å²) in [6, 6.07) is 12.4. The van der Waals surface area contributed by atoms with Crippen molar-refractivity contribution in [3.63, 3.8) is 0 Å². The highest BCUT2D eigenvalue weighted by molar-refractivity contribution is 7.89. The van der Waals surface area contributed by atoms with Crippen LogP contribution in [0.3, 0.4) is 0 Å². The van der Waals surface area contributed by atoms with Gasteiger partial charge in [0, 0.05) is 18.7 Å². The van der Waals surface area contributed by atoms with E-state index in [1.54, 1.807) is 30.3 Å². The molecule has 0 radical (unpaired) electrons.